The van der Waals surface area contributed by atoms with E-state index in [0.29, 0.717) is 11.3 Å². The molecule has 1 aromatic heterocycles. The van der Waals surface area contributed by atoms with Gasteiger partial charge in [0.05, 0.1) is 23.5 Å². The fourth-order valence-electron chi connectivity index (χ4n) is 3.01. The lowest BCUT2D eigenvalue weighted by atomic mass is 10.1. The standard InChI is InChI=1S/C20H14ClN3O4/c1-28-17-7-6-12(9-15(17)21)24-19(26)14(18(25)23-20(24)27)8-11-10-22-16-5-3-2-4-13(11)16/h2-10,26H,1H3,(H,23,25,27)/b11-8+. The zero-order valence-electron chi connectivity index (χ0n) is 14.6. The lowest BCUT2D eigenvalue weighted by molar-refractivity contribution is 0.414. The van der Waals surface area contributed by atoms with Crippen LogP contribution in [0.15, 0.2) is 57.0 Å². The Labute approximate surface area is 163 Å². The molecule has 3 aromatic rings. The molecule has 0 saturated carbocycles. The van der Waals surface area contributed by atoms with Gasteiger partial charge in [-0.1, -0.05) is 29.8 Å². The van der Waals surface area contributed by atoms with Gasteiger partial charge in [0, 0.05) is 17.4 Å². The average molecular weight is 396 g/mol. The molecule has 0 unspecified atom stereocenters. The molecule has 0 fully saturated rings. The van der Waals surface area contributed by atoms with Crippen molar-refractivity contribution < 1.29 is 9.84 Å². The maximum atomic E-state index is 12.3. The summed E-state index contributed by atoms with van der Waals surface area (Å²) in [6, 6.07) is 12.0. The van der Waals surface area contributed by atoms with Crippen molar-refractivity contribution in [3.05, 3.63) is 79.5 Å². The number of aromatic amines is 1. The van der Waals surface area contributed by atoms with Gasteiger partial charge in [-0.15, -0.1) is 0 Å². The minimum atomic E-state index is -0.786. The average Bonchev–Trinajstić information content (AvgIpc) is 3.08. The molecular formula is C20H14ClN3O4. The fourth-order valence-corrected chi connectivity index (χ4v) is 3.26. The summed E-state index contributed by atoms with van der Waals surface area (Å²) in [7, 11) is 1.47. The second kappa shape index (κ2) is 6.86. The van der Waals surface area contributed by atoms with E-state index in [1.807, 2.05) is 24.3 Å². The van der Waals surface area contributed by atoms with Crippen LogP contribution >= 0.6 is 11.6 Å². The number of nitrogens with zero attached hydrogens (tertiary/aromatic N) is 2. The number of nitrogens with one attached hydrogen (secondary N) is 1. The lowest BCUT2D eigenvalue weighted by Gasteiger charge is -2.12. The van der Waals surface area contributed by atoms with E-state index in [0.717, 1.165) is 15.8 Å². The predicted octanol–water partition coefficient (Wildman–Crippen LogP) is 3.15. The van der Waals surface area contributed by atoms with E-state index in [4.69, 9.17) is 16.3 Å². The van der Waals surface area contributed by atoms with E-state index < -0.39 is 17.1 Å². The third kappa shape index (κ3) is 2.91. The number of H-pyrrole nitrogens is 1. The molecule has 2 N–H and O–H groups in total. The Morgan fingerprint density at radius 3 is 2.75 bits per heavy atom. The first-order chi connectivity index (χ1) is 13.5. The molecule has 140 valence electrons. The molecule has 0 aliphatic carbocycles. The number of hydrogen-bond acceptors (Lipinski definition) is 5. The van der Waals surface area contributed by atoms with Crippen LogP contribution < -0.4 is 16.0 Å². The number of fused-ring (bicyclic) bond motifs is 1. The molecule has 8 heteroatoms. The van der Waals surface area contributed by atoms with Crippen molar-refractivity contribution in [1.82, 2.24) is 9.55 Å². The van der Waals surface area contributed by atoms with Gasteiger partial charge in [0.15, 0.2) is 0 Å². The van der Waals surface area contributed by atoms with Gasteiger partial charge >= 0.3 is 5.69 Å². The summed E-state index contributed by atoms with van der Waals surface area (Å²) < 4.78 is 6.07. The molecule has 7 nitrogen and oxygen atoms in total. The van der Waals surface area contributed by atoms with Crippen molar-refractivity contribution in [3.8, 4) is 17.3 Å². The largest absolute Gasteiger partial charge is 0.495 e. The van der Waals surface area contributed by atoms with Gasteiger partial charge < -0.3 is 9.84 Å². The maximum absolute atomic E-state index is 12.3. The number of para-hydroxylation sites is 1. The number of methoxy groups -OCH3 is 1. The Bertz CT molecular complexity index is 1270. The zero-order valence-corrected chi connectivity index (χ0v) is 15.4. The molecule has 0 atom stereocenters. The van der Waals surface area contributed by atoms with Crippen LogP contribution in [-0.2, 0) is 0 Å². The Morgan fingerprint density at radius 1 is 1.21 bits per heavy atom. The van der Waals surface area contributed by atoms with Crippen LogP contribution in [0.3, 0.4) is 0 Å². The Kier molecular flexibility index (Phi) is 4.37. The molecule has 1 aliphatic rings. The first kappa shape index (κ1) is 17.8. The van der Waals surface area contributed by atoms with Gasteiger partial charge in [0.2, 0.25) is 5.88 Å². The lowest BCUT2D eigenvalue weighted by Crippen LogP contribution is -2.30. The fraction of sp³-hybridized carbons (Fsp3) is 0.0500. The number of halogens is 1. The zero-order chi connectivity index (χ0) is 19.8. The third-order valence-corrected chi connectivity index (χ3v) is 4.67. The molecule has 2 aromatic carbocycles. The molecule has 28 heavy (non-hydrogen) atoms. The van der Waals surface area contributed by atoms with Crippen LogP contribution in [0.4, 0.5) is 5.69 Å². The number of aliphatic imine (C=N–C) groups is 1. The highest BCUT2D eigenvalue weighted by Gasteiger charge is 2.18. The molecule has 0 radical (unpaired) electrons. The van der Waals surface area contributed by atoms with E-state index >= 15 is 0 Å². The van der Waals surface area contributed by atoms with Crippen LogP contribution in [-0.4, -0.2) is 28.0 Å². The minimum Gasteiger partial charge on any atom is -0.495 e. The highest BCUT2D eigenvalue weighted by molar-refractivity contribution is 6.32. The maximum Gasteiger partial charge on any atom is 0.335 e. The van der Waals surface area contributed by atoms with Crippen molar-refractivity contribution >= 4 is 35.2 Å². The normalized spacial score (nSPS) is 13.7. The molecule has 2 heterocycles. The number of aromatic hydroxyl groups is 1. The van der Waals surface area contributed by atoms with E-state index in [1.54, 1.807) is 18.3 Å². The molecule has 1 aliphatic heterocycles. The van der Waals surface area contributed by atoms with Crippen molar-refractivity contribution in [3.63, 3.8) is 0 Å². The van der Waals surface area contributed by atoms with Gasteiger partial charge in [-0.05, 0) is 30.3 Å². The van der Waals surface area contributed by atoms with Gasteiger partial charge in [-0.3, -0.25) is 14.8 Å². The van der Waals surface area contributed by atoms with Crippen LogP contribution in [0, 0.1) is 0 Å². The van der Waals surface area contributed by atoms with Crippen molar-refractivity contribution in [2.75, 3.05) is 7.11 Å². The van der Waals surface area contributed by atoms with Crippen molar-refractivity contribution in [2.24, 2.45) is 4.99 Å². The SMILES string of the molecule is COc1ccc(-n2c(O)c(/C=C3\C=Nc4ccccc43)c(=O)[nH]c2=O)cc1Cl. The van der Waals surface area contributed by atoms with E-state index in [-0.39, 0.29) is 16.3 Å². The number of aromatic nitrogens is 2. The summed E-state index contributed by atoms with van der Waals surface area (Å²) >= 11 is 6.13. The second-order valence-electron chi connectivity index (χ2n) is 6.03. The highest BCUT2D eigenvalue weighted by atomic mass is 35.5. The first-order valence-electron chi connectivity index (χ1n) is 8.27. The van der Waals surface area contributed by atoms with E-state index in [1.165, 1.54) is 19.3 Å². The molecule has 0 amide bonds. The summed E-state index contributed by atoms with van der Waals surface area (Å²) in [5.74, 6) is -0.0799. The minimum absolute atomic E-state index is 0.0651. The molecule has 4 rings (SSSR count). The number of allylic oxidation sites excluding steroid dienone is 1. The van der Waals surface area contributed by atoms with Crippen LogP contribution in [0.25, 0.3) is 17.3 Å². The van der Waals surface area contributed by atoms with Crippen LogP contribution in [0.2, 0.25) is 5.02 Å². The quantitative estimate of drug-likeness (QED) is 0.712. The number of ether oxygens (including phenoxy) is 1. The van der Waals surface area contributed by atoms with Gasteiger partial charge in [0.25, 0.3) is 5.56 Å². The summed E-state index contributed by atoms with van der Waals surface area (Å²) in [5.41, 5.74) is 0.963. The molecule has 0 saturated heterocycles. The van der Waals surface area contributed by atoms with E-state index in [2.05, 4.69) is 9.98 Å². The van der Waals surface area contributed by atoms with Gasteiger partial charge in [-0.25, -0.2) is 9.36 Å². The smallest absolute Gasteiger partial charge is 0.335 e. The summed E-state index contributed by atoms with van der Waals surface area (Å²) in [5, 5.41) is 11.0. The predicted molar refractivity (Wildman–Crippen MR) is 108 cm³/mol. The van der Waals surface area contributed by atoms with Crippen molar-refractivity contribution in [2.45, 2.75) is 0 Å². The Balaban J connectivity index is 1.90. The monoisotopic (exact) mass is 395 g/mol. The Hall–Kier alpha value is -3.58. The number of benzene rings is 2. The van der Waals surface area contributed by atoms with Gasteiger partial charge in [-0.2, -0.15) is 0 Å². The highest BCUT2D eigenvalue weighted by Crippen LogP contribution is 2.33. The van der Waals surface area contributed by atoms with Gasteiger partial charge in [0.1, 0.15) is 11.3 Å². The van der Waals surface area contributed by atoms with Crippen LogP contribution in [0.1, 0.15) is 11.1 Å². The topological polar surface area (TPSA) is 96.7 Å². The van der Waals surface area contributed by atoms with Crippen molar-refractivity contribution in [1.29, 1.82) is 0 Å². The molecule has 0 bridgehead atoms. The number of hydrogen-bond donors (Lipinski definition) is 2. The summed E-state index contributed by atoms with van der Waals surface area (Å²) in [6.07, 6.45) is 3.09. The second-order valence-corrected chi connectivity index (χ2v) is 6.43. The van der Waals surface area contributed by atoms with Crippen LogP contribution in [0.5, 0.6) is 11.6 Å². The molecule has 0 spiro atoms. The summed E-state index contributed by atoms with van der Waals surface area (Å²) in [6.45, 7) is 0. The molecular weight excluding hydrogens is 382 g/mol. The third-order valence-electron chi connectivity index (χ3n) is 4.37. The first-order valence-corrected chi connectivity index (χ1v) is 8.65. The summed E-state index contributed by atoms with van der Waals surface area (Å²) in [4.78, 5) is 31.2. The van der Waals surface area contributed by atoms with E-state index in [9.17, 15) is 14.7 Å². The number of rotatable bonds is 3. The Morgan fingerprint density at radius 2 is 2.00 bits per heavy atom.